The van der Waals surface area contributed by atoms with Gasteiger partial charge in [-0.3, -0.25) is 9.78 Å². The fraction of sp³-hybridized carbons (Fsp3) is 0.179. The van der Waals surface area contributed by atoms with Gasteiger partial charge in [0.05, 0.1) is 27.9 Å². The minimum atomic E-state index is -4.07. The van der Waals surface area contributed by atoms with Crippen molar-refractivity contribution in [2.45, 2.75) is 17.7 Å². The SMILES string of the molecule is O=C(c1ccccn1)C12Cc3cnn(-c4ccc(F)cc4)c3C=C1CCN(S(=O)(=O)c1cccc(F)c1)C2. The molecule has 0 amide bonds. The van der Waals surface area contributed by atoms with Crippen LogP contribution in [0, 0.1) is 17.0 Å². The number of carbonyl (C=O) groups excluding carboxylic acids is 1. The minimum Gasteiger partial charge on any atom is -0.291 e. The maximum atomic E-state index is 14.1. The lowest BCUT2D eigenvalue weighted by Crippen LogP contribution is -2.53. The number of fused-ring (bicyclic) bond motifs is 2. The highest BCUT2D eigenvalue weighted by molar-refractivity contribution is 7.89. The summed E-state index contributed by atoms with van der Waals surface area (Å²) >= 11 is 0. The molecule has 0 bridgehead atoms. The summed E-state index contributed by atoms with van der Waals surface area (Å²) in [7, 11) is -4.07. The Morgan fingerprint density at radius 1 is 0.974 bits per heavy atom. The van der Waals surface area contributed by atoms with Crippen LogP contribution in [-0.4, -0.2) is 46.4 Å². The molecule has 10 heteroatoms. The molecule has 1 fully saturated rings. The average molecular weight is 533 g/mol. The molecule has 0 N–H and O–H groups in total. The van der Waals surface area contributed by atoms with Gasteiger partial charge in [-0.15, -0.1) is 0 Å². The molecule has 1 aliphatic heterocycles. The minimum absolute atomic E-state index is 0.117. The first-order chi connectivity index (χ1) is 18.3. The summed E-state index contributed by atoms with van der Waals surface area (Å²) in [6.07, 6.45) is 5.57. The molecule has 1 unspecified atom stereocenters. The van der Waals surface area contributed by atoms with Crippen LogP contribution in [0.4, 0.5) is 8.78 Å². The van der Waals surface area contributed by atoms with Crippen LogP contribution < -0.4 is 0 Å². The number of hydrogen-bond acceptors (Lipinski definition) is 5. The third-order valence-electron chi connectivity index (χ3n) is 7.22. The number of hydrogen-bond donors (Lipinski definition) is 0. The van der Waals surface area contributed by atoms with Crippen molar-refractivity contribution in [3.8, 4) is 5.69 Å². The quantitative estimate of drug-likeness (QED) is 0.355. The number of rotatable bonds is 5. The summed E-state index contributed by atoms with van der Waals surface area (Å²) in [4.78, 5) is 18.2. The summed E-state index contributed by atoms with van der Waals surface area (Å²) < 4.78 is 57.4. The van der Waals surface area contributed by atoms with Crippen LogP contribution in [0.25, 0.3) is 11.8 Å². The van der Waals surface area contributed by atoms with Crippen LogP contribution in [0.1, 0.15) is 28.2 Å². The smallest absolute Gasteiger partial charge is 0.243 e. The molecule has 192 valence electrons. The number of pyridine rings is 1. The van der Waals surface area contributed by atoms with Crippen molar-refractivity contribution < 1.29 is 22.0 Å². The molecule has 38 heavy (non-hydrogen) atoms. The van der Waals surface area contributed by atoms with E-state index < -0.39 is 21.3 Å². The van der Waals surface area contributed by atoms with Crippen molar-refractivity contribution in [2.75, 3.05) is 13.1 Å². The van der Waals surface area contributed by atoms with E-state index in [-0.39, 0.29) is 41.7 Å². The van der Waals surface area contributed by atoms with Crippen molar-refractivity contribution in [3.05, 3.63) is 113 Å². The molecule has 0 saturated carbocycles. The zero-order chi connectivity index (χ0) is 26.5. The van der Waals surface area contributed by atoms with Gasteiger partial charge in [0, 0.05) is 19.3 Å². The zero-order valence-electron chi connectivity index (χ0n) is 20.1. The lowest BCUT2D eigenvalue weighted by Gasteiger charge is -2.44. The molecular formula is C28H22F2N4O3S. The van der Waals surface area contributed by atoms with E-state index in [1.807, 2.05) is 6.08 Å². The van der Waals surface area contributed by atoms with Gasteiger partial charge in [0.2, 0.25) is 10.0 Å². The largest absolute Gasteiger partial charge is 0.291 e. The number of piperidine rings is 1. The molecule has 2 aliphatic rings. The Morgan fingerprint density at radius 3 is 2.53 bits per heavy atom. The number of Topliss-reactive ketones (excluding diaryl/α,β-unsaturated/α-hetero) is 1. The summed E-state index contributed by atoms with van der Waals surface area (Å²) in [5, 5.41) is 4.49. The van der Waals surface area contributed by atoms with Gasteiger partial charge in [0.1, 0.15) is 17.3 Å². The Labute approximate surface area is 218 Å². The molecule has 1 saturated heterocycles. The van der Waals surface area contributed by atoms with Crippen LogP contribution >= 0.6 is 0 Å². The molecule has 7 nitrogen and oxygen atoms in total. The topological polar surface area (TPSA) is 85.2 Å². The van der Waals surface area contributed by atoms with E-state index in [4.69, 9.17) is 0 Å². The van der Waals surface area contributed by atoms with E-state index in [1.54, 1.807) is 41.2 Å². The summed E-state index contributed by atoms with van der Waals surface area (Å²) in [5.41, 5.74) is 1.98. The molecule has 2 aromatic heterocycles. The number of ketones is 1. The van der Waals surface area contributed by atoms with Crippen molar-refractivity contribution in [3.63, 3.8) is 0 Å². The van der Waals surface area contributed by atoms with E-state index in [2.05, 4.69) is 10.1 Å². The number of sulfonamides is 1. The highest BCUT2D eigenvalue weighted by atomic mass is 32.2. The van der Waals surface area contributed by atoms with Crippen LogP contribution in [-0.2, 0) is 16.4 Å². The number of halogens is 2. The predicted octanol–water partition coefficient (Wildman–Crippen LogP) is 4.45. The Hall–Kier alpha value is -4.02. The molecule has 1 atom stereocenters. The Bertz CT molecular complexity index is 1680. The summed E-state index contributed by atoms with van der Waals surface area (Å²) in [6, 6.07) is 15.9. The van der Waals surface area contributed by atoms with E-state index in [0.717, 1.165) is 22.9 Å². The van der Waals surface area contributed by atoms with Crippen LogP contribution in [0.3, 0.4) is 0 Å². The van der Waals surface area contributed by atoms with Gasteiger partial charge < -0.3 is 0 Å². The normalized spacial score (nSPS) is 19.4. The van der Waals surface area contributed by atoms with Gasteiger partial charge >= 0.3 is 0 Å². The fourth-order valence-corrected chi connectivity index (χ4v) is 6.86. The molecule has 3 heterocycles. The second-order valence-corrected chi connectivity index (χ2v) is 11.4. The fourth-order valence-electron chi connectivity index (χ4n) is 5.33. The second-order valence-electron chi connectivity index (χ2n) is 9.46. The average Bonchev–Trinajstić information content (AvgIpc) is 3.34. The number of benzene rings is 2. The van der Waals surface area contributed by atoms with Crippen LogP contribution in [0.5, 0.6) is 0 Å². The van der Waals surface area contributed by atoms with Gasteiger partial charge in [-0.2, -0.15) is 9.40 Å². The first kappa shape index (κ1) is 24.3. The van der Waals surface area contributed by atoms with E-state index in [1.165, 1.54) is 40.8 Å². The van der Waals surface area contributed by atoms with Crippen molar-refractivity contribution >= 4 is 21.9 Å². The van der Waals surface area contributed by atoms with E-state index >= 15 is 0 Å². The molecule has 0 radical (unpaired) electrons. The van der Waals surface area contributed by atoms with Gasteiger partial charge in [0.25, 0.3) is 0 Å². The Kier molecular flexibility index (Phi) is 5.81. The van der Waals surface area contributed by atoms with E-state index in [9.17, 15) is 22.0 Å². The monoisotopic (exact) mass is 532 g/mol. The molecule has 2 aromatic carbocycles. The molecule has 4 aromatic rings. The number of aromatic nitrogens is 3. The number of carbonyl (C=O) groups is 1. The van der Waals surface area contributed by atoms with Gasteiger partial charge in [0.15, 0.2) is 5.78 Å². The predicted molar refractivity (Wildman–Crippen MR) is 136 cm³/mol. The molecule has 0 spiro atoms. The molecule has 6 rings (SSSR count). The maximum Gasteiger partial charge on any atom is 0.243 e. The van der Waals surface area contributed by atoms with Gasteiger partial charge in [-0.05, 0) is 79.1 Å². The second kappa shape index (κ2) is 9.07. The van der Waals surface area contributed by atoms with Crippen LogP contribution in [0.15, 0.2) is 89.6 Å². The molecular weight excluding hydrogens is 510 g/mol. The van der Waals surface area contributed by atoms with Crippen molar-refractivity contribution in [2.24, 2.45) is 5.41 Å². The first-order valence-electron chi connectivity index (χ1n) is 12.0. The highest BCUT2D eigenvalue weighted by Gasteiger charge is 2.51. The first-order valence-corrected chi connectivity index (χ1v) is 13.5. The maximum absolute atomic E-state index is 14.1. The third-order valence-corrected chi connectivity index (χ3v) is 9.06. The van der Waals surface area contributed by atoms with Crippen molar-refractivity contribution in [1.82, 2.24) is 19.1 Å². The number of nitrogens with zero attached hydrogens (tertiary/aromatic N) is 4. The third kappa shape index (κ3) is 3.97. The Morgan fingerprint density at radius 2 is 1.79 bits per heavy atom. The van der Waals surface area contributed by atoms with Crippen LogP contribution in [0.2, 0.25) is 0 Å². The lowest BCUT2D eigenvalue weighted by molar-refractivity contribution is 0.0770. The van der Waals surface area contributed by atoms with Gasteiger partial charge in [-0.1, -0.05) is 17.7 Å². The van der Waals surface area contributed by atoms with Crippen molar-refractivity contribution in [1.29, 1.82) is 0 Å². The molecule has 1 aliphatic carbocycles. The standard InChI is InChI=1S/C28H22F2N4O3S/c29-21-7-9-23(10-8-21)34-26-14-20-11-13-33(38(36,37)24-5-3-4-22(30)15-24)18-28(20,16-19(26)17-32-34)27(35)25-6-1-2-12-31-25/h1-10,12,14-15,17H,11,13,16,18H2. The summed E-state index contributed by atoms with van der Waals surface area (Å²) in [6.45, 7) is 0.0101. The van der Waals surface area contributed by atoms with Gasteiger partial charge in [-0.25, -0.2) is 21.9 Å². The zero-order valence-corrected chi connectivity index (χ0v) is 20.9. The van der Waals surface area contributed by atoms with E-state index in [0.29, 0.717) is 12.1 Å². The summed E-state index contributed by atoms with van der Waals surface area (Å²) in [5.74, 6) is -1.30. The Balaban J connectivity index is 1.45. The highest BCUT2D eigenvalue weighted by Crippen LogP contribution is 2.47. The lowest BCUT2D eigenvalue weighted by atomic mass is 9.65.